The number of pyridine rings is 1. The van der Waals surface area contributed by atoms with Gasteiger partial charge in [-0.3, -0.25) is 19.1 Å². The molecule has 1 unspecified atom stereocenters. The van der Waals surface area contributed by atoms with E-state index in [4.69, 9.17) is 4.98 Å². The topological polar surface area (TPSA) is 96.2 Å². The van der Waals surface area contributed by atoms with Crippen molar-refractivity contribution in [2.45, 2.75) is 57.5 Å². The molecule has 0 amide bonds. The summed E-state index contributed by atoms with van der Waals surface area (Å²) in [6, 6.07) is 10.8. The normalized spacial score (nSPS) is 20.4. The quantitative estimate of drug-likeness (QED) is 0.268. The molecule has 8 rings (SSSR count). The summed E-state index contributed by atoms with van der Waals surface area (Å²) in [6.45, 7) is 4.82. The van der Waals surface area contributed by atoms with Crippen LogP contribution in [0.15, 0.2) is 53.6 Å². The van der Waals surface area contributed by atoms with E-state index in [9.17, 15) is 9.59 Å². The fourth-order valence-electron chi connectivity index (χ4n) is 6.90. The molecule has 4 aliphatic rings. The van der Waals surface area contributed by atoms with Crippen molar-refractivity contribution in [2.24, 2.45) is 5.92 Å². The summed E-state index contributed by atoms with van der Waals surface area (Å²) in [5.74, 6) is 0.295. The number of ketones is 1. The molecule has 3 fully saturated rings. The van der Waals surface area contributed by atoms with Gasteiger partial charge in [-0.25, -0.2) is 9.36 Å². The number of nitrogens with zero attached hydrogens (tertiary/aromatic N) is 6. The lowest BCUT2D eigenvalue weighted by molar-refractivity contribution is 0.0966. The van der Waals surface area contributed by atoms with Gasteiger partial charge in [0.05, 0.1) is 17.0 Å². The Morgan fingerprint density at radius 3 is 2.74 bits per heavy atom. The molecule has 2 saturated heterocycles. The number of anilines is 3. The largest absolute Gasteiger partial charge is 0.369 e. The number of hydrogen-bond acceptors (Lipinski definition) is 9. The van der Waals surface area contributed by atoms with Gasteiger partial charge in [0.1, 0.15) is 5.65 Å². The Labute approximate surface area is 254 Å². The summed E-state index contributed by atoms with van der Waals surface area (Å²) in [5, 5.41) is 4.02. The van der Waals surface area contributed by atoms with Gasteiger partial charge in [0.2, 0.25) is 5.95 Å². The second-order valence-electron chi connectivity index (χ2n) is 12.3. The highest BCUT2D eigenvalue weighted by atomic mass is 32.1. The summed E-state index contributed by atoms with van der Waals surface area (Å²) in [7, 11) is 0. The van der Waals surface area contributed by atoms with Crippen molar-refractivity contribution in [1.82, 2.24) is 23.8 Å². The molecule has 0 spiro atoms. The number of allylic oxidation sites excluding steroid dienone is 2. The highest BCUT2D eigenvalue weighted by Crippen LogP contribution is 2.34. The molecule has 4 aromatic rings. The molecule has 1 N–H and O–H groups in total. The number of piperazine rings is 1. The monoisotopic (exact) mass is 593 g/mol. The third kappa shape index (κ3) is 5.16. The number of fused-ring (bicyclic) bond motifs is 2. The van der Waals surface area contributed by atoms with E-state index in [-0.39, 0.29) is 22.8 Å². The molecule has 0 bridgehead atoms. The lowest BCUT2D eigenvalue weighted by Crippen LogP contribution is -2.50. The average molecular weight is 594 g/mol. The molecule has 0 radical (unpaired) electrons. The van der Waals surface area contributed by atoms with Crippen LogP contribution in [-0.2, 0) is 6.54 Å². The van der Waals surface area contributed by atoms with E-state index in [2.05, 4.69) is 54.8 Å². The zero-order chi connectivity index (χ0) is 28.9. The Balaban J connectivity index is 1.10. The maximum atomic E-state index is 13.9. The Morgan fingerprint density at radius 1 is 1.05 bits per heavy atom. The van der Waals surface area contributed by atoms with E-state index in [1.54, 1.807) is 16.8 Å². The van der Waals surface area contributed by atoms with Crippen molar-refractivity contribution in [2.75, 3.05) is 36.4 Å². The van der Waals surface area contributed by atoms with E-state index in [1.807, 2.05) is 6.20 Å². The number of rotatable bonds is 8. The molecule has 5 heterocycles. The summed E-state index contributed by atoms with van der Waals surface area (Å²) >= 11 is 1.47. The van der Waals surface area contributed by atoms with Crippen molar-refractivity contribution < 1.29 is 4.79 Å². The minimum absolute atomic E-state index is 0.0486. The van der Waals surface area contributed by atoms with Crippen molar-refractivity contribution in [3.05, 3.63) is 75.2 Å². The standard InChI is InChI=1S/C33H35N7O2S/c41-29(21-7-8-21)28-16-23-17-34-33(36-25-9-11-26(12-10-25)39-15-14-38-13-3-6-27(38)20-39)37-31(23)40(32(28)42)19-24-18-35-43-30(24)22-4-1-2-5-22/h4,9-12,16-18,21,27H,1-3,5-8,13-15,19-20H2,(H,34,36,37). The minimum Gasteiger partial charge on any atom is -0.369 e. The van der Waals surface area contributed by atoms with Gasteiger partial charge in [-0.15, -0.1) is 0 Å². The SMILES string of the molecule is O=C(c1cc2cnc(Nc3ccc(N4CCN5CCCC5C4)cc3)nc2n(Cc2cnsc2C2=CCCC2)c1=O)C1CC1. The minimum atomic E-state index is -0.293. The van der Waals surface area contributed by atoms with Gasteiger partial charge in [-0.2, -0.15) is 4.98 Å². The number of Topliss-reactive ketones (excluding diaryl/α,β-unsaturated/α-hetero) is 1. The molecule has 10 heteroatoms. The van der Waals surface area contributed by atoms with Gasteiger partial charge in [-0.05, 0) is 98.9 Å². The van der Waals surface area contributed by atoms with Crippen LogP contribution in [0.2, 0.25) is 0 Å². The number of nitrogens with one attached hydrogen (secondary N) is 1. The third-order valence-electron chi connectivity index (χ3n) is 9.42. The first kappa shape index (κ1) is 26.7. The number of carbonyl (C=O) groups excluding carboxylic acids is 1. The van der Waals surface area contributed by atoms with E-state index in [0.717, 1.165) is 67.9 Å². The van der Waals surface area contributed by atoms with Gasteiger partial charge < -0.3 is 10.2 Å². The summed E-state index contributed by atoms with van der Waals surface area (Å²) in [6.07, 6.45) is 13.4. The fourth-order valence-corrected chi connectivity index (χ4v) is 7.73. The van der Waals surface area contributed by atoms with Crippen molar-refractivity contribution in [3.63, 3.8) is 0 Å². The van der Waals surface area contributed by atoms with Gasteiger partial charge in [0.25, 0.3) is 5.56 Å². The Bertz CT molecular complexity index is 1790. The van der Waals surface area contributed by atoms with Crippen molar-refractivity contribution in [3.8, 4) is 0 Å². The molecule has 220 valence electrons. The van der Waals surface area contributed by atoms with Crippen LogP contribution in [-0.4, -0.2) is 61.8 Å². The second-order valence-corrected chi connectivity index (χ2v) is 13.1. The van der Waals surface area contributed by atoms with Crippen LogP contribution < -0.4 is 15.8 Å². The van der Waals surface area contributed by atoms with Crippen molar-refractivity contribution >= 4 is 51.2 Å². The highest BCUT2D eigenvalue weighted by Gasteiger charge is 2.33. The predicted molar refractivity (Wildman–Crippen MR) is 170 cm³/mol. The average Bonchev–Trinajstić information content (AvgIpc) is 3.37. The zero-order valence-electron chi connectivity index (χ0n) is 24.2. The first-order valence-corrected chi connectivity index (χ1v) is 16.3. The Kier molecular flexibility index (Phi) is 6.83. The van der Waals surface area contributed by atoms with E-state index >= 15 is 0 Å². The van der Waals surface area contributed by atoms with Crippen LogP contribution in [0, 0.1) is 5.92 Å². The first-order valence-electron chi connectivity index (χ1n) is 15.5. The summed E-state index contributed by atoms with van der Waals surface area (Å²) < 4.78 is 6.11. The molecular weight excluding hydrogens is 558 g/mol. The maximum Gasteiger partial charge on any atom is 0.263 e. The van der Waals surface area contributed by atoms with Gasteiger partial charge in [0, 0.05) is 66.3 Å². The lowest BCUT2D eigenvalue weighted by Gasteiger charge is -2.38. The van der Waals surface area contributed by atoms with Crippen LogP contribution in [0.25, 0.3) is 16.6 Å². The number of hydrogen-bond donors (Lipinski definition) is 1. The van der Waals surface area contributed by atoms with Crippen LogP contribution in [0.4, 0.5) is 17.3 Å². The van der Waals surface area contributed by atoms with E-state index < -0.39 is 0 Å². The second kappa shape index (κ2) is 11.0. The molecule has 3 aromatic heterocycles. The molecule has 2 aliphatic carbocycles. The lowest BCUT2D eigenvalue weighted by atomic mass is 10.1. The van der Waals surface area contributed by atoms with Gasteiger partial charge >= 0.3 is 0 Å². The Hall–Kier alpha value is -3.89. The highest BCUT2D eigenvalue weighted by molar-refractivity contribution is 7.07. The number of benzene rings is 1. The maximum absolute atomic E-state index is 13.9. The molecule has 43 heavy (non-hydrogen) atoms. The molecule has 9 nitrogen and oxygen atoms in total. The summed E-state index contributed by atoms with van der Waals surface area (Å²) in [5.41, 5.74) is 4.85. The van der Waals surface area contributed by atoms with Crippen molar-refractivity contribution in [1.29, 1.82) is 0 Å². The molecule has 2 aliphatic heterocycles. The smallest absolute Gasteiger partial charge is 0.263 e. The summed E-state index contributed by atoms with van der Waals surface area (Å²) in [4.78, 5) is 42.6. The van der Waals surface area contributed by atoms with Crippen LogP contribution in [0.5, 0.6) is 0 Å². The van der Waals surface area contributed by atoms with Crippen LogP contribution in [0.1, 0.15) is 65.7 Å². The number of carbonyl (C=O) groups is 1. The van der Waals surface area contributed by atoms with E-state index in [1.165, 1.54) is 42.2 Å². The fraction of sp³-hybridized carbons (Fsp3) is 0.424. The van der Waals surface area contributed by atoms with Crippen LogP contribution >= 0.6 is 11.5 Å². The van der Waals surface area contributed by atoms with Crippen LogP contribution in [0.3, 0.4) is 0 Å². The molecule has 1 aromatic carbocycles. The number of aromatic nitrogens is 4. The predicted octanol–water partition coefficient (Wildman–Crippen LogP) is 5.48. The first-order chi connectivity index (χ1) is 21.1. The molecular formula is C33H35N7O2S. The van der Waals surface area contributed by atoms with E-state index in [0.29, 0.717) is 29.6 Å². The third-order valence-corrected chi connectivity index (χ3v) is 10.3. The molecule has 1 atom stereocenters. The Morgan fingerprint density at radius 2 is 1.93 bits per heavy atom. The van der Waals surface area contributed by atoms with Gasteiger partial charge in [-0.1, -0.05) is 6.08 Å². The molecule has 1 saturated carbocycles. The van der Waals surface area contributed by atoms with Gasteiger partial charge in [0.15, 0.2) is 5.78 Å². The zero-order valence-corrected chi connectivity index (χ0v) is 25.0.